The molecule has 0 aromatic rings. The zero-order chi connectivity index (χ0) is 8.81. The molecular weight excluding hydrogens is 156 g/mol. The number of hydrogen-bond acceptors (Lipinski definition) is 4. The third kappa shape index (κ3) is 3.06. The van der Waals surface area contributed by atoms with E-state index in [4.69, 9.17) is 9.84 Å². The molecule has 72 valence electrons. The molecule has 0 spiro atoms. The molecule has 1 aliphatic rings. The molecule has 0 bridgehead atoms. The molecule has 0 radical (unpaired) electrons. The minimum Gasteiger partial charge on any atom is -0.394 e. The van der Waals surface area contributed by atoms with E-state index in [1.165, 1.54) is 0 Å². The van der Waals surface area contributed by atoms with Crippen molar-refractivity contribution >= 4 is 0 Å². The summed E-state index contributed by atoms with van der Waals surface area (Å²) < 4.78 is 5.38. The highest BCUT2D eigenvalue weighted by molar-refractivity contribution is 4.80. The Morgan fingerprint density at radius 3 is 3.00 bits per heavy atom. The van der Waals surface area contributed by atoms with E-state index in [1.807, 2.05) is 6.92 Å². The van der Waals surface area contributed by atoms with Crippen LogP contribution in [0.5, 0.6) is 0 Å². The van der Waals surface area contributed by atoms with Gasteiger partial charge in [0.1, 0.15) is 0 Å². The van der Waals surface area contributed by atoms with Gasteiger partial charge in [0.05, 0.1) is 19.3 Å². The van der Waals surface area contributed by atoms with E-state index in [2.05, 4.69) is 10.6 Å². The molecular formula is C8H18N2O2. The SMILES string of the molecule is CC(OCCO)C1CNCCN1. The van der Waals surface area contributed by atoms with E-state index < -0.39 is 0 Å². The summed E-state index contributed by atoms with van der Waals surface area (Å²) in [6.07, 6.45) is 0.171. The van der Waals surface area contributed by atoms with E-state index in [9.17, 15) is 0 Å². The molecule has 1 fully saturated rings. The minimum atomic E-state index is 0.102. The fourth-order valence-corrected chi connectivity index (χ4v) is 1.36. The van der Waals surface area contributed by atoms with Crippen molar-refractivity contribution in [3.63, 3.8) is 0 Å². The second-order valence-corrected chi connectivity index (χ2v) is 3.06. The van der Waals surface area contributed by atoms with Crippen molar-refractivity contribution in [2.24, 2.45) is 0 Å². The fraction of sp³-hybridized carbons (Fsp3) is 1.00. The molecule has 2 unspecified atom stereocenters. The van der Waals surface area contributed by atoms with Crippen LogP contribution in [0.15, 0.2) is 0 Å². The van der Waals surface area contributed by atoms with Gasteiger partial charge in [-0.05, 0) is 6.92 Å². The first kappa shape index (κ1) is 9.92. The maximum atomic E-state index is 8.55. The lowest BCUT2D eigenvalue weighted by atomic mass is 10.1. The lowest BCUT2D eigenvalue weighted by Gasteiger charge is -2.29. The fourth-order valence-electron chi connectivity index (χ4n) is 1.36. The Morgan fingerprint density at radius 2 is 2.42 bits per heavy atom. The molecule has 2 atom stereocenters. The summed E-state index contributed by atoms with van der Waals surface area (Å²) in [5.41, 5.74) is 0. The van der Waals surface area contributed by atoms with E-state index in [0.717, 1.165) is 19.6 Å². The largest absolute Gasteiger partial charge is 0.394 e. The van der Waals surface area contributed by atoms with Crippen LogP contribution in [0, 0.1) is 0 Å². The lowest BCUT2D eigenvalue weighted by Crippen LogP contribution is -2.53. The predicted molar refractivity (Wildman–Crippen MR) is 47.2 cm³/mol. The van der Waals surface area contributed by atoms with Gasteiger partial charge in [-0.15, -0.1) is 0 Å². The van der Waals surface area contributed by atoms with Crippen molar-refractivity contribution in [1.82, 2.24) is 10.6 Å². The Morgan fingerprint density at radius 1 is 1.58 bits per heavy atom. The summed E-state index contributed by atoms with van der Waals surface area (Å²) in [5, 5.41) is 15.2. The second-order valence-electron chi connectivity index (χ2n) is 3.06. The van der Waals surface area contributed by atoms with Gasteiger partial charge in [0.2, 0.25) is 0 Å². The molecule has 0 aromatic heterocycles. The van der Waals surface area contributed by atoms with Gasteiger partial charge < -0.3 is 20.5 Å². The van der Waals surface area contributed by atoms with E-state index in [-0.39, 0.29) is 12.7 Å². The van der Waals surface area contributed by atoms with Crippen LogP contribution in [-0.4, -0.2) is 50.1 Å². The monoisotopic (exact) mass is 174 g/mol. The Balaban J connectivity index is 2.15. The summed E-state index contributed by atoms with van der Waals surface area (Å²) in [5.74, 6) is 0. The van der Waals surface area contributed by atoms with Crippen molar-refractivity contribution in [2.45, 2.75) is 19.1 Å². The molecule has 4 heteroatoms. The molecule has 0 saturated carbocycles. The van der Waals surface area contributed by atoms with Gasteiger partial charge in [-0.1, -0.05) is 0 Å². The van der Waals surface area contributed by atoms with Crippen molar-refractivity contribution in [3.8, 4) is 0 Å². The van der Waals surface area contributed by atoms with Crippen LogP contribution >= 0.6 is 0 Å². The molecule has 1 aliphatic heterocycles. The smallest absolute Gasteiger partial charge is 0.0713 e. The summed E-state index contributed by atoms with van der Waals surface area (Å²) in [4.78, 5) is 0. The number of aliphatic hydroxyl groups excluding tert-OH is 1. The highest BCUT2D eigenvalue weighted by Gasteiger charge is 2.18. The number of nitrogens with one attached hydrogen (secondary N) is 2. The average molecular weight is 174 g/mol. The van der Waals surface area contributed by atoms with Crippen LogP contribution in [0.1, 0.15) is 6.92 Å². The van der Waals surface area contributed by atoms with Gasteiger partial charge in [-0.3, -0.25) is 0 Å². The topological polar surface area (TPSA) is 53.5 Å². The van der Waals surface area contributed by atoms with Crippen molar-refractivity contribution in [3.05, 3.63) is 0 Å². The summed E-state index contributed by atoms with van der Waals surface area (Å²) in [7, 11) is 0. The Labute approximate surface area is 73.3 Å². The van der Waals surface area contributed by atoms with Crippen LogP contribution in [0.3, 0.4) is 0 Å². The summed E-state index contributed by atoms with van der Waals surface area (Å²) in [6, 6.07) is 0.380. The highest BCUT2D eigenvalue weighted by atomic mass is 16.5. The van der Waals surface area contributed by atoms with Crippen LogP contribution in [0.25, 0.3) is 0 Å². The molecule has 0 amide bonds. The van der Waals surface area contributed by atoms with Crippen LogP contribution < -0.4 is 10.6 Å². The van der Waals surface area contributed by atoms with E-state index in [0.29, 0.717) is 12.6 Å². The van der Waals surface area contributed by atoms with E-state index in [1.54, 1.807) is 0 Å². The van der Waals surface area contributed by atoms with Gasteiger partial charge in [-0.2, -0.15) is 0 Å². The quantitative estimate of drug-likeness (QED) is 0.509. The molecule has 0 aromatic carbocycles. The first-order valence-electron chi connectivity index (χ1n) is 4.51. The van der Waals surface area contributed by atoms with Gasteiger partial charge >= 0.3 is 0 Å². The van der Waals surface area contributed by atoms with Gasteiger partial charge in [0, 0.05) is 25.7 Å². The molecule has 12 heavy (non-hydrogen) atoms. The lowest BCUT2D eigenvalue weighted by molar-refractivity contribution is 0.0151. The first-order chi connectivity index (χ1) is 5.84. The zero-order valence-corrected chi connectivity index (χ0v) is 7.55. The summed E-state index contributed by atoms with van der Waals surface area (Å²) in [6.45, 7) is 5.54. The number of ether oxygens (including phenoxy) is 1. The normalized spacial score (nSPS) is 27.0. The third-order valence-electron chi connectivity index (χ3n) is 2.11. The molecule has 1 heterocycles. The van der Waals surface area contributed by atoms with Crippen LogP contribution in [0.2, 0.25) is 0 Å². The number of aliphatic hydroxyl groups is 1. The predicted octanol–water partition coefficient (Wildman–Crippen LogP) is -1.05. The highest BCUT2D eigenvalue weighted by Crippen LogP contribution is 1.99. The van der Waals surface area contributed by atoms with Crippen LogP contribution in [0.4, 0.5) is 0 Å². The zero-order valence-electron chi connectivity index (χ0n) is 7.55. The maximum absolute atomic E-state index is 8.55. The van der Waals surface area contributed by atoms with Gasteiger partial charge in [0.25, 0.3) is 0 Å². The second kappa shape index (κ2) is 5.48. The number of rotatable bonds is 4. The first-order valence-corrected chi connectivity index (χ1v) is 4.51. The van der Waals surface area contributed by atoms with Crippen molar-refractivity contribution in [1.29, 1.82) is 0 Å². The van der Waals surface area contributed by atoms with Crippen molar-refractivity contribution in [2.75, 3.05) is 32.8 Å². The number of hydrogen-bond donors (Lipinski definition) is 3. The van der Waals surface area contributed by atoms with Gasteiger partial charge in [-0.25, -0.2) is 0 Å². The van der Waals surface area contributed by atoms with E-state index >= 15 is 0 Å². The Kier molecular flexibility index (Phi) is 4.53. The molecule has 1 saturated heterocycles. The van der Waals surface area contributed by atoms with Crippen LogP contribution in [-0.2, 0) is 4.74 Å². The molecule has 4 nitrogen and oxygen atoms in total. The Hall–Kier alpha value is -0.160. The number of piperazine rings is 1. The van der Waals surface area contributed by atoms with Crippen molar-refractivity contribution < 1.29 is 9.84 Å². The summed E-state index contributed by atoms with van der Waals surface area (Å²) >= 11 is 0. The maximum Gasteiger partial charge on any atom is 0.0713 e. The Bertz CT molecular complexity index is 116. The van der Waals surface area contributed by atoms with Gasteiger partial charge in [0.15, 0.2) is 0 Å². The average Bonchev–Trinajstić information content (AvgIpc) is 2.15. The minimum absolute atomic E-state index is 0.102. The molecule has 3 N–H and O–H groups in total. The standard InChI is InChI=1S/C8H18N2O2/c1-7(12-5-4-11)8-6-9-2-3-10-8/h7-11H,2-6H2,1H3. The molecule has 0 aliphatic carbocycles. The molecule has 1 rings (SSSR count). The third-order valence-corrected chi connectivity index (χ3v) is 2.11.